The first kappa shape index (κ1) is 25.6. The quantitative estimate of drug-likeness (QED) is 0.470. The average Bonchev–Trinajstić information content (AvgIpc) is 3.48. The van der Waals surface area contributed by atoms with E-state index in [1.165, 1.54) is 12.1 Å². The molecule has 10 heteroatoms. The molecule has 2 aliphatic rings. The summed E-state index contributed by atoms with van der Waals surface area (Å²) >= 11 is 6.04. The number of benzene rings is 2. The van der Waals surface area contributed by atoms with Gasteiger partial charge < -0.3 is 10.6 Å². The molecule has 5 rings (SSSR count). The van der Waals surface area contributed by atoms with Crippen LogP contribution in [0, 0.1) is 11.6 Å². The van der Waals surface area contributed by atoms with Gasteiger partial charge >= 0.3 is 0 Å². The lowest BCUT2D eigenvalue weighted by molar-refractivity contribution is -0.122. The van der Waals surface area contributed by atoms with E-state index >= 15 is 0 Å². The second kappa shape index (κ2) is 11.2. The van der Waals surface area contributed by atoms with Gasteiger partial charge in [0.15, 0.2) is 0 Å². The van der Waals surface area contributed by atoms with Crippen molar-refractivity contribution in [1.82, 2.24) is 24.9 Å². The number of halogens is 3. The zero-order valence-corrected chi connectivity index (χ0v) is 21.2. The van der Waals surface area contributed by atoms with Gasteiger partial charge in [0.25, 0.3) is 5.56 Å². The molecule has 3 aromatic rings. The van der Waals surface area contributed by atoms with E-state index in [-0.39, 0.29) is 17.5 Å². The van der Waals surface area contributed by atoms with Gasteiger partial charge in [0.05, 0.1) is 24.7 Å². The molecule has 2 N–H and O–H groups in total. The SMILES string of the molecule is O=C(NCCn1c2c(c(=O)n1Cc1ccc(Cl)cc1)CN(Cc1cc(F)cc(F)c1)CC2)[C@H]1CCCN1. The van der Waals surface area contributed by atoms with Crippen LogP contribution in [0.5, 0.6) is 0 Å². The van der Waals surface area contributed by atoms with Crippen LogP contribution >= 0.6 is 11.6 Å². The Labute approximate surface area is 219 Å². The zero-order valence-electron chi connectivity index (χ0n) is 20.5. The van der Waals surface area contributed by atoms with Gasteiger partial charge in [-0.25, -0.2) is 13.5 Å². The number of nitrogens with zero attached hydrogens (tertiary/aromatic N) is 3. The Kier molecular flexibility index (Phi) is 7.73. The highest BCUT2D eigenvalue weighted by Crippen LogP contribution is 2.21. The average molecular weight is 530 g/mol. The Hall–Kier alpha value is -3.01. The Morgan fingerprint density at radius 2 is 1.81 bits per heavy atom. The molecule has 0 unspecified atom stereocenters. The Balaban J connectivity index is 1.37. The highest BCUT2D eigenvalue weighted by molar-refractivity contribution is 6.30. The summed E-state index contributed by atoms with van der Waals surface area (Å²) in [6.07, 6.45) is 2.44. The molecular formula is C27H30ClF2N5O2. The van der Waals surface area contributed by atoms with E-state index in [2.05, 4.69) is 10.6 Å². The fourth-order valence-electron chi connectivity index (χ4n) is 5.28. The molecule has 0 bridgehead atoms. The highest BCUT2D eigenvalue weighted by atomic mass is 35.5. The molecule has 0 radical (unpaired) electrons. The van der Waals surface area contributed by atoms with Crippen molar-refractivity contribution in [3.8, 4) is 0 Å². The summed E-state index contributed by atoms with van der Waals surface area (Å²) in [5.41, 5.74) is 3.00. The second-order valence-electron chi connectivity index (χ2n) is 9.72. The number of amides is 1. The van der Waals surface area contributed by atoms with E-state index in [9.17, 15) is 18.4 Å². The van der Waals surface area contributed by atoms with Crippen LogP contribution in [-0.4, -0.2) is 45.8 Å². The van der Waals surface area contributed by atoms with Crippen molar-refractivity contribution in [2.24, 2.45) is 0 Å². The first-order valence-corrected chi connectivity index (χ1v) is 13.0. The van der Waals surface area contributed by atoms with Crippen molar-refractivity contribution in [2.45, 2.75) is 51.5 Å². The lowest BCUT2D eigenvalue weighted by Crippen LogP contribution is -2.42. The molecule has 0 saturated carbocycles. The minimum atomic E-state index is -0.612. The third kappa shape index (κ3) is 5.95. The number of rotatable bonds is 8. The van der Waals surface area contributed by atoms with Gasteiger partial charge in [0.2, 0.25) is 5.91 Å². The highest BCUT2D eigenvalue weighted by Gasteiger charge is 2.27. The maximum Gasteiger partial charge on any atom is 0.271 e. The van der Waals surface area contributed by atoms with Gasteiger partial charge in [-0.05, 0) is 54.8 Å². The third-order valence-corrected chi connectivity index (χ3v) is 7.32. The number of carbonyl (C=O) groups is 1. The van der Waals surface area contributed by atoms with Crippen LogP contribution in [-0.2, 0) is 37.4 Å². The lowest BCUT2D eigenvalue weighted by atomic mass is 10.1. The van der Waals surface area contributed by atoms with Crippen LogP contribution in [0.25, 0.3) is 0 Å². The van der Waals surface area contributed by atoms with Crippen molar-refractivity contribution in [3.05, 3.63) is 91.9 Å². The van der Waals surface area contributed by atoms with Gasteiger partial charge in [0, 0.05) is 49.4 Å². The summed E-state index contributed by atoms with van der Waals surface area (Å²) in [7, 11) is 0. The monoisotopic (exact) mass is 529 g/mol. The third-order valence-electron chi connectivity index (χ3n) is 7.06. The predicted octanol–water partition coefficient (Wildman–Crippen LogP) is 3.06. The number of hydrogen-bond acceptors (Lipinski definition) is 4. The maximum atomic E-state index is 13.7. The fraction of sp³-hybridized carbons (Fsp3) is 0.407. The predicted molar refractivity (Wildman–Crippen MR) is 137 cm³/mol. The van der Waals surface area contributed by atoms with Crippen LogP contribution < -0.4 is 16.2 Å². The minimum absolute atomic E-state index is 0.0152. The van der Waals surface area contributed by atoms with Crippen molar-refractivity contribution >= 4 is 17.5 Å². The number of carbonyl (C=O) groups excluding carboxylic acids is 1. The standard InChI is InChI=1S/C27H30ClF2N5O2/c28-20-5-3-18(4-6-20)16-35-27(37)23-17-33(15-19-12-21(29)14-22(30)13-19)10-7-25(23)34(35)11-9-32-26(36)24-2-1-8-31-24/h3-6,12-14,24,31H,1-2,7-11,15-17H2,(H,32,36)/t24-/m1/s1. The first-order valence-electron chi connectivity index (χ1n) is 12.6. The smallest absolute Gasteiger partial charge is 0.271 e. The van der Waals surface area contributed by atoms with E-state index in [1.54, 1.807) is 16.8 Å². The van der Waals surface area contributed by atoms with E-state index in [1.807, 2.05) is 21.7 Å². The van der Waals surface area contributed by atoms with E-state index < -0.39 is 11.6 Å². The molecule has 3 heterocycles. The minimum Gasteiger partial charge on any atom is -0.353 e. The number of fused-ring (bicyclic) bond motifs is 1. The summed E-state index contributed by atoms with van der Waals surface area (Å²) in [5, 5.41) is 6.83. The topological polar surface area (TPSA) is 71.3 Å². The molecule has 0 aliphatic carbocycles. The Morgan fingerprint density at radius 3 is 2.51 bits per heavy atom. The molecule has 1 aromatic heterocycles. The first-order chi connectivity index (χ1) is 17.9. The molecule has 7 nitrogen and oxygen atoms in total. The van der Waals surface area contributed by atoms with Gasteiger partial charge in [-0.15, -0.1) is 0 Å². The molecule has 2 aromatic carbocycles. The number of hydrogen-bond donors (Lipinski definition) is 2. The molecule has 1 saturated heterocycles. The molecule has 0 spiro atoms. The van der Waals surface area contributed by atoms with Crippen molar-refractivity contribution < 1.29 is 13.6 Å². The van der Waals surface area contributed by atoms with Gasteiger partial charge in [-0.2, -0.15) is 0 Å². The fourth-order valence-corrected chi connectivity index (χ4v) is 5.41. The molecule has 1 amide bonds. The Morgan fingerprint density at radius 1 is 1.05 bits per heavy atom. The van der Waals surface area contributed by atoms with Crippen LogP contribution in [0.2, 0.25) is 5.02 Å². The van der Waals surface area contributed by atoms with Gasteiger partial charge in [-0.1, -0.05) is 23.7 Å². The molecule has 196 valence electrons. The van der Waals surface area contributed by atoms with Crippen LogP contribution in [0.1, 0.15) is 35.2 Å². The normalized spacial score (nSPS) is 17.6. The molecular weight excluding hydrogens is 500 g/mol. The zero-order chi connectivity index (χ0) is 25.9. The van der Waals surface area contributed by atoms with Gasteiger partial charge in [-0.3, -0.25) is 19.2 Å². The maximum absolute atomic E-state index is 13.7. The molecule has 1 atom stereocenters. The van der Waals surface area contributed by atoms with E-state index in [0.717, 1.165) is 36.7 Å². The van der Waals surface area contributed by atoms with Crippen molar-refractivity contribution in [1.29, 1.82) is 0 Å². The van der Waals surface area contributed by atoms with Crippen molar-refractivity contribution in [2.75, 3.05) is 19.6 Å². The summed E-state index contributed by atoms with van der Waals surface area (Å²) in [5.74, 6) is -1.24. The van der Waals surface area contributed by atoms with E-state index in [4.69, 9.17) is 11.6 Å². The summed E-state index contributed by atoms with van der Waals surface area (Å²) in [4.78, 5) is 28.1. The lowest BCUT2D eigenvalue weighted by Gasteiger charge is -2.27. The summed E-state index contributed by atoms with van der Waals surface area (Å²) < 4.78 is 31.1. The number of aromatic nitrogens is 2. The largest absolute Gasteiger partial charge is 0.353 e. The van der Waals surface area contributed by atoms with Crippen LogP contribution in [0.3, 0.4) is 0 Å². The summed E-state index contributed by atoms with van der Waals surface area (Å²) in [6.45, 7) is 3.47. The van der Waals surface area contributed by atoms with Crippen LogP contribution in [0.4, 0.5) is 8.78 Å². The van der Waals surface area contributed by atoms with E-state index in [0.29, 0.717) is 61.8 Å². The van der Waals surface area contributed by atoms with Crippen LogP contribution in [0.15, 0.2) is 47.3 Å². The molecule has 2 aliphatic heterocycles. The van der Waals surface area contributed by atoms with Gasteiger partial charge in [0.1, 0.15) is 11.6 Å². The molecule has 1 fully saturated rings. The number of nitrogens with one attached hydrogen (secondary N) is 2. The Bertz CT molecular complexity index is 1310. The van der Waals surface area contributed by atoms with Crippen molar-refractivity contribution in [3.63, 3.8) is 0 Å². The molecule has 37 heavy (non-hydrogen) atoms. The second-order valence-corrected chi connectivity index (χ2v) is 10.2. The summed E-state index contributed by atoms with van der Waals surface area (Å²) in [6, 6.07) is 10.7.